The molecule has 0 aromatic carbocycles. The van der Waals surface area contributed by atoms with E-state index in [-0.39, 0.29) is 18.4 Å². The summed E-state index contributed by atoms with van der Waals surface area (Å²) in [7, 11) is 1.64. The first kappa shape index (κ1) is 16.3. The van der Waals surface area contributed by atoms with Crippen molar-refractivity contribution in [2.45, 2.75) is 34.6 Å². The van der Waals surface area contributed by atoms with Gasteiger partial charge in [0.25, 0.3) is 5.91 Å². The van der Waals surface area contributed by atoms with Crippen LogP contribution in [0.2, 0.25) is 0 Å². The predicted molar refractivity (Wildman–Crippen MR) is 77.8 cm³/mol. The summed E-state index contributed by atoms with van der Waals surface area (Å²) in [5.74, 6) is 1.14. The van der Waals surface area contributed by atoms with E-state index < -0.39 is 0 Å². The Kier molecular flexibility index (Phi) is 5.36. The van der Waals surface area contributed by atoms with E-state index in [0.29, 0.717) is 24.4 Å². The van der Waals surface area contributed by atoms with Crippen molar-refractivity contribution in [3.05, 3.63) is 22.6 Å². The summed E-state index contributed by atoms with van der Waals surface area (Å²) in [5, 5.41) is 0. The molecule has 0 aliphatic rings. The fourth-order valence-electron chi connectivity index (χ4n) is 2.25. The molecule has 0 radical (unpaired) electrons. The monoisotopic (exact) mass is 280 g/mol. The van der Waals surface area contributed by atoms with Crippen LogP contribution in [0.25, 0.3) is 0 Å². The number of carbonyl (C=O) groups is 2. The zero-order valence-corrected chi connectivity index (χ0v) is 13.2. The Morgan fingerprint density at radius 2 is 1.60 bits per heavy atom. The van der Waals surface area contributed by atoms with Crippen molar-refractivity contribution in [2.24, 2.45) is 0 Å². The van der Waals surface area contributed by atoms with Crippen molar-refractivity contribution in [3.63, 3.8) is 0 Å². The summed E-state index contributed by atoms with van der Waals surface area (Å²) < 4.78 is 5.47. The van der Waals surface area contributed by atoms with Crippen LogP contribution in [0.4, 0.5) is 0 Å². The fraction of sp³-hybridized carbons (Fsp3) is 0.600. The number of aryl methyl sites for hydroxylation is 2. The van der Waals surface area contributed by atoms with E-state index in [2.05, 4.69) is 0 Å². The maximum atomic E-state index is 12.4. The molecule has 0 spiro atoms. The molecule has 0 N–H and O–H groups in total. The van der Waals surface area contributed by atoms with Gasteiger partial charge in [-0.3, -0.25) is 9.59 Å². The van der Waals surface area contributed by atoms with Crippen LogP contribution in [0.3, 0.4) is 0 Å². The Balaban J connectivity index is 2.85. The van der Waals surface area contributed by atoms with Gasteiger partial charge in [-0.15, -0.1) is 0 Å². The molecule has 0 saturated heterocycles. The molecular weight excluding hydrogens is 256 g/mol. The van der Waals surface area contributed by atoms with E-state index in [9.17, 15) is 9.59 Å². The highest BCUT2D eigenvalue weighted by Crippen LogP contribution is 2.21. The second-order valence-corrected chi connectivity index (χ2v) is 4.94. The molecule has 0 bridgehead atoms. The number of hydrogen-bond acceptors (Lipinski definition) is 3. The van der Waals surface area contributed by atoms with Crippen LogP contribution in [-0.4, -0.2) is 48.3 Å². The zero-order chi connectivity index (χ0) is 15.4. The molecule has 0 unspecified atom stereocenters. The highest BCUT2D eigenvalue weighted by Gasteiger charge is 2.23. The van der Waals surface area contributed by atoms with Crippen molar-refractivity contribution < 1.29 is 14.0 Å². The number of hydrogen-bond donors (Lipinski definition) is 0. The molecule has 0 aliphatic carbocycles. The van der Waals surface area contributed by atoms with Crippen LogP contribution in [0.1, 0.15) is 41.3 Å². The average molecular weight is 280 g/mol. The second-order valence-electron chi connectivity index (χ2n) is 4.94. The third-order valence-electron chi connectivity index (χ3n) is 3.61. The van der Waals surface area contributed by atoms with Crippen molar-refractivity contribution >= 4 is 11.8 Å². The number of furan rings is 1. The maximum absolute atomic E-state index is 12.4. The number of nitrogens with zero attached hydrogens (tertiary/aromatic N) is 2. The second kappa shape index (κ2) is 6.59. The van der Waals surface area contributed by atoms with Gasteiger partial charge in [0.1, 0.15) is 11.5 Å². The lowest BCUT2D eigenvalue weighted by molar-refractivity contribution is -0.131. The Morgan fingerprint density at radius 1 is 1.05 bits per heavy atom. The summed E-state index contributed by atoms with van der Waals surface area (Å²) in [6.45, 7) is 10.7. The molecule has 1 aromatic rings. The molecule has 0 fully saturated rings. The minimum absolute atomic E-state index is 0.0404. The third-order valence-corrected chi connectivity index (χ3v) is 3.61. The number of rotatable bonds is 5. The van der Waals surface area contributed by atoms with Crippen molar-refractivity contribution in [1.82, 2.24) is 9.80 Å². The Morgan fingerprint density at radius 3 is 2.00 bits per heavy atom. The van der Waals surface area contributed by atoms with Crippen LogP contribution < -0.4 is 0 Å². The van der Waals surface area contributed by atoms with Crippen molar-refractivity contribution in [3.8, 4) is 0 Å². The summed E-state index contributed by atoms with van der Waals surface area (Å²) in [5.41, 5.74) is 1.41. The molecule has 5 nitrogen and oxygen atoms in total. The summed E-state index contributed by atoms with van der Waals surface area (Å²) in [4.78, 5) is 27.6. The van der Waals surface area contributed by atoms with E-state index in [4.69, 9.17) is 4.42 Å². The number of amides is 2. The summed E-state index contributed by atoms with van der Waals surface area (Å²) >= 11 is 0. The van der Waals surface area contributed by atoms with Gasteiger partial charge in [-0.05, 0) is 34.6 Å². The molecule has 1 aromatic heterocycles. The third kappa shape index (κ3) is 3.21. The molecule has 1 heterocycles. The van der Waals surface area contributed by atoms with E-state index in [1.807, 2.05) is 27.7 Å². The lowest BCUT2D eigenvalue weighted by Gasteiger charge is -2.23. The lowest BCUT2D eigenvalue weighted by atomic mass is 10.1. The number of carbonyl (C=O) groups excluding carboxylic acids is 2. The van der Waals surface area contributed by atoms with Crippen LogP contribution in [0, 0.1) is 20.8 Å². The predicted octanol–water partition coefficient (Wildman–Crippen LogP) is 2.15. The quantitative estimate of drug-likeness (QED) is 0.830. The zero-order valence-electron chi connectivity index (χ0n) is 13.2. The highest BCUT2D eigenvalue weighted by molar-refractivity contribution is 5.98. The van der Waals surface area contributed by atoms with Crippen LogP contribution >= 0.6 is 0 Å². The van der Waals surface area contributed by atoms with Crippen LogP contribution in [0.15, 0.2) is 4.42 Å². The average Bonchev–Trinajstić information content (AvgIpc) is 2.63. The van der Waals surface area contributed by atoms with E-state index >= 15 is 0 Å². The first-order valence-electron chi connectivity index (χ1n) is 6.93. The summed E-state index contributed by atoms with van der Waals surface area (Å²) in [6, 6.07) is 0. The van der Waals surface area contributed by atoms with E-state index in [1.54, 1.807) is 18.9 Å². The first-order chi connectivity index (χ1) is 9.33. The van der Waals surface area contributed by atoms with Gasteiger partial charge in [0.05, 0.1) is 12.1 Å². The van der Waals surface area contributed by atoms with Crippen LogP contribution in [-0.2, 0) is 4.79 Å². The van der Waals surface area contributed by atoms with Crippen LogP contribution in [0.5, 0.6) is 0 Å². The Hall–Kier alpha value is -1.78. The minimum atomic E-state index is -0.169. The Bertz CT molecular complexity index is 501. The standard InChI is InChI=1S/C15H24N2O3/c1-7-17(8-2)13(18)9-16(6)15(19)14-10(3)11(4)20-12(14)5/h7-9H2,1-6H3. The van der Waals surface area contributed by atoms with Gasteiger partial charge < -0.3 is 14.2 Å². The lowest BCUT2D eigenvalue weighted by Crippen LogP contribution is -2.41. The Labute approximate surface area is 120 Å². The SMILES string of the molecule is CCN(CC)C(=O)CN(C)C(=O)c1c(C)oc(C)c1C. The van der Waals surface area contributed by atoms with E-state index in [0.717, 1.165) is 11.3 Å². The highest BCUT2D eigenvalue weighted by atomic mass is 16.3. The van der Waals surface area contributed by atoms with Gasteiger partial charge in [-0.25, -0.2) is 0 Å². The van der Waals surface area contributed by atoms with E-state index in [1.165, 1.54) is 4.90 Å². The molecule has 20 heavy (non-hydrogen) atoms. The largest absolute Gasteiger partial charge is 0.466 e. The molecule has 0 saturated carbocycles. The molecule has 2 amide bonds. The molecular formula is C15H24N2O3. The smallest absolute Gasteiger partial charge is 0.257 e. The molecule has 1 rings (SSSR count). The number of likely N-dealkylation sites (N-methyl/N-ethyl adjacent to an activating group) is 2. The topological polar surface area (TPSA) is 53.8 Å². The van der Waals surface area contributed by atoms with Gasteiger partial charge in [-0.2, -0.15) is 0 Å². The molecule has 0 aliphatic heterocycles. The fourth-order valence-corrected chi connectivity index (χ4v) is 2.25. The summed E-state index contributed by atoms with van der Waals surface area (Å²) in [6.07, 6.45) is 0. The maximum Gasteiger partial charge on any atom is 0.257 e. The van der Waals surface area contributed by atoms with Crippen molar-refractivity contribution in [2.75, 3.05) is 26.7 Å². The van der Waals surface area contributed by atoms with Gasteiger partial charge in [0, 0.05) is 25.7 Å². The van der Waals surface area contributed by atoms with Gasteiger partial charge in [0.2, 0.25) is 5.91 Å². The van der Waals surface area contributed by atoms with Gasteiger partial charge >= 0.3 is 0 Å². The van der Waals surface area contributed by atoms with Crippen molar-refractivity contribution in [1.29, 1.82) is 0 Å². The van der Waals surface area contributed by atoms with Gasteiger partial charge in [-0.1, -0.05) is 0 Å². The molecule has 112 valence electrons. The first-order valence-corrected chi connectivity index (χ1v) is 6.93. The normalized spacial score (nSPS) is 10.5. The molecule has 0 atom stereocenters. The minimum Gasteiger partial charge on any atom is -0.466 e. The van der Waals surface area contributed by atoms with Gasteiger partial charge in [0.15, 0.2) is 0 Å². The molecule has 5 heteroatoms.